The number of rotatable bonds is 8. The van der Waals surface area contributed by atoms with Crippen molar-refractivity contribution in [3.63, 3.8) is 0 Å². The fraction of sp³-hybridized carbons (Fsp3) is 0.108. The van der Waals surface area contributed by atoms with Gasteiger partial charge in [-0.25, -0.2) is 4.71 Å². The second-order valence-electron chi connectivity index (χ2n) is 11.6. The molecule has 1 atom stereocenters. The molecule has 1 unspecified atom stereocenters. The number of benzene rings is 5. The van der Waals surface area contributed by atoms with E-state index >= 15 is 0 Å². The summed E-state index contributed by atoms with van der Waals surface area (Å²) in [6, 6.07) is 49.8. The van der Waals surface area contributed by atoms with Gasteiger partial charge in [0.2, 0.25) is 5.82 Å². The van der Waals surface area contributed by atoms with Gasteiger partial charge in [0.1, 0.15) is 5.54 Å². The average molecular weight is 584 g/mol. The van der Waals surface area contributed by atoms with Gasteiger partial charge in [-0.3, -0.25) is 0 Å². The van der Waals surface area contributed by atoms with E-state index in [-0.39, 0.29) is 6.17 Å². The fourth-order valence-corrected chi connectivity index (χ4v) is 6.76. The van der Waals surface area contributed by atoms with Crippen LogP contribution in [0.2, 0.25) is 0 Å². The lowest BCUT2D eigenvalue weighted by Crippen LogP contribution is -2.51. The average Bonchev–Trinajstić information content (AvgIpc) is 3.65. The van der Waals surface area contributed by atoms with Gasteiger partial charge in [-0.05, 0) is 45.9 Å². The highest BCUT2D eigenvalue weighted by Gasteiger charge is 2.46. The van der Waals surface area contributed by atoms with Gasteiger partial charge in [0, 0.05) is 18.3 Å². The van der Waals surface area contributed by atoms with Crippen LogP contribution in [-0.2, 0) is 12.1 Å². The highest BCUT2D eigenvalue weighted by Crippen LogP contribution is 2.46. The molecule has 0 amide bonds. The van der Waals surface area contributed by atoms with E-state index in [9.17, 15) is 0 Å². The van der Waals surface area contributed by atoms with Crippen LogP contribution in [0.25, 0.3) is 22.5 Å². The molecule has 0 aliphatic carbocycles. The highest BCUT2D eigenvalue weighted by atomic mass is 15.5. The second kappa shape index (κ2) is 12.0. The van der Waals surface area contributed by atoms with Gasteiger partial charge in [-0.2, -0.15) is 0 Å². The van der Waals surface area contributed by atoms with Crippen LogP contribution in [0.1, 0.15) is 29.2 Å². The van der Waals surface area contributed by atoms with Crippen molar-refractivity contribution in [2.24, 2.45) is 0 Å². The van der Waals surface area contributed by atoms with Crippen LogP contribution in [0.4, 0.5) is 0 Å². The molecule has 6 nitrogen and oxygen atoms in total. The molecule has 0 spiro atoms. The summed E-state index contributed by atoms with van der Waals surface area (Å²) in [4.78, 5) is 5.04. The maximum absolute atomic E-state index is 4.44. The van der Waals surface area contributed by atoms with E-state index in [2.05, 4.69) is 174 Å². The Labute approximate surface area is 266 Å². The molecule has 45 heavy (non-hydrogen) atoms. The van der Waals surface area contributed by atoms with E-state index in [1.54, 1.807) is 7.98 Å². The van der Waals surface area contributed by atoms with Crippen LogP contribution in [-0.4, -0.2) is 51.9 Å². The molecule has 8 heteroatoms. The van der Waals surface area contributed by atoms with Crippen LogP contribution < -0.4 is 0 Å². The first-order valence-electron chi connectivity index (χ1n) is 15.4. The van der Waals surface area contributed by atoms with E-state index in [1.165, 1.54) is 32.6 Å². The molecule has 5 aromatic carbocycles. The molecule has 0 radical (unpaired) electrons. The van der Waals surface area contributed by atoms with Gasteiger partial charge < -0.3 is 9.80 Å². The second-order valence-corrected chi connectivity index (χ2v) is 11.6. The zero-order chi connectivity index (χ0) is 30.8. The monoisotopic (exact) mass is 584 g/mol. The number of tetrazole rings is 1. The first-order valence-corrected chi connectivity index (χ1v) is 15.4. The quantitative estimate of drug-likeness (QED) is 0.180. The molecule has 0 saturated carbocycles. The summed E-state index contributed by atoms with van der Waals surface area (Å²) < 4.78 is 1.49. The van der Waals surface area contributed by atoms with Gasteiger partial charge in [-0.15, -0.1) is 10.2 Å². The van der Waals surface area contributed by atoms with Gasteiger partial charge >= 0.3 is 0 Å². The molecule has 218 valence electrons. The fourth-order valence-electron chi connectivity index (χ4n) is 6.76. The highest BCUT2D eigenvalue weighted by molar-refractivity contribution is 6.21. The minimum atomic E-state index is -0.513. The van der Waals surface area contributed by atoms with E-state index in [4.69, 9.17) is 0 Å². The summed E-state index contributed by atoms with van der Waals surface area (Å²) in [5, 5.41) is 12.7. The third kappa shape index (κ3) is 5.12. The molecule has 1 aliphatic heterocycles. The van der Waals surface area contributed by atoms with Gasteiger partial charge in [0.15, 0.2) is 7.85 Å². The van der Waals surface area contributed by atoms with Crippen molar-refractivity contribution in [2.75, 3.05) is 0 Å². The number of nitrogens with zero attached hydrogens (tertiary/aromatic N) is 6. The molecular formula is C37H34B2N6. The van der Waals surface area contributed by atoms with E-state index < -0.39 is 5.54 Å². The molecule has 7 rings (SSSR count). The molecular weight excluding hydrogens is 550 g/mol. The Bertz CT molecular complexity index is 1830. The lowest BCUT2D eigenvalue weighted by atomic mass is 9.75. The summed E-state index contributed by atoms with van der Waals surface area (Å²) >= 11 is 0. The smallest absolute Gasteiger partial charge is 0.278 e. The lowest BCUT2D eigenvalue weighted by Gasteiger charge is -2.47. The van der Waals surface area contributed by atoms with Crippen LogP contribution in [0.5, 0.6) is 0 Å². The Balaban J connectivity index is 1.23. The minimum Gasteiger partial charge on any atom is -0.358 e. The van der Waals surface area contributed by atoms with Crippen LogP contribution in [0.15, 0.2) is 151 Å². The molecule has 0 N–H and O–H groups in total. The number of hydrogen-bond donors (Lipinski definition) is 0. The Kier molecular flexibility index (Phi) is 7.55. The Morgan fingerprint density at radius 3 is 1.69 bits per heavy atom. The standard InChI is InChI=1S/C37H34B2N6/c1-27-43(25-28-21-23-29(24-22-28)33-19-11-12-20-34(33)36-40-42-45(39)41-36)35(38)26-44(27)37(30-13-5-2-6-14-30,31-15-7-3-8-16-31)32-17-9-4-10-18-32/h2-24,26-27H,25,38-39H2,1H3. The Hall–Kier alpha value is -5.36. The number of hydrogen-bond acceptors (Lipinski definition) is 5. The zero-order valence-corrected chi connectivity index (χ0v) is 25.8. The van der Waals surface area contributed by atoms with Crippen molar-refractivity contribution in [3.05, 3.63) is 174 Å². The predicted molar refractivity (Wildman–Crippen MR) is 185 cm³/mol. The lowest BCUT2D eigenvalue weighted by molar-refractivity contribution is 0.0975. The van der Waals surface area contributed by atoms with Crippen molar-refractivity contribution in [1.29, 1.82) is 0 Å². The molecule has 6 aromatic rings. The largest absolute Gasteiger partial charge is 0.358 e. The van der Waals surface area contributed by atoms with Crippen LogP contribution in [0, 0.1) is 0 Å². The third-order valence-electron chi connectivity index (χ3n) is 8.89. The van der Waals surface area contributed by atoms with Gasteiger partial charge in [0.05, 0.1) is 6.17 Å². The Morgan fingerprint density at radius 2 is 1.18 bits per heavy atom. The molecule has 1 aromatic heterocycles. The summed E-state index contributed by atoms with van der Waals surface area (Å²) in [6.45, 7) is 3.11. The number of aromatic nitrogens is 4. The summed E-state index contributed by atoms with van der Waals surface area (Å²) in [6.07, 6.45) is 2.43. The van der Waals surface area contributed by atoms with Gasteiger partial charge in [-0.1, -0.05) is 145 Å². The summed E-state index contributed by atoms with van der Waals surface area (Å²) in [5.41, 5.74) is 8.87. The molecule has 0 saturated heterocycles. The minimum absolute atomic E-state index is 0.0914. The van der Waals surface area contributed by atoms with Gasteiger partial charge in [0.25, 0.3) is 7.98 Å². The molecule has 0 bridgehead atoms. The van der Waals surface area contributed by atoms with E-state index in [1.807, 2.05) is 12.1 Å². The van der Waals surface area contributed by atoms with E-state index in [0.29, 0.717) is 5.82 Å². The Morgan fingerprint density at radius 1 is 0.667 bits per heavy atom. The van der Waals surface area contributed by atoms with Crippen molar-refractivity contribution in [2.45, 2.75) is 25.2 Å². The predicted octanol–water partition coefficient (Wildman–Crippen LogP) is 5.29. The van der Waals surface area contributed by atoms with Crippen molar-refractivity contribution >= 4 is 15.8 Å². The van der Waals surface area contributed by atoms with Crippen LogP contribution >= 0.6 is 0 Å². The first-order chi connectivity index (χ1) is 22.1. The van der Waals surface area contributed by atoms with Crippen molar-refractivity contribution in [3.8, 4) is 22.5 Å². The van der Waals surface area contributed by atoms with Crippen molar-refractivity contribution < 1.29 is 0 Å². The third-order valence-corrected chi connectivity index (χ3v) is 8.89. The van der Waals surface area contributed by atoms with Crippen LogP contribution in [0.3, 0.4) is 0 Å². The normalized spacial score (nSPS) is 14.9. The maximum atomic E-state index is 4.44. The maximum Gasteiger partial charge on any atom is 0.278 e. The van der Waals surface area contributed by atoms with Crippen molar-refractivity contribution in [1.82, 2.24) is 29.9 Å². The summed E-state index contributed by atoms with van der Waals surface area (Å²) in [7, 11) is 4.01. The topological polar surface area (TPSA) is 50.1 Å². The molecule has 0 fully saturated rings. The molecule has 2 heterocycles. The zero-order valence-electron chi connectivity index (χ0n) is 25.8. The first kappa shape index (κ1) is 28.4. The SMILES string of the molecule is BC1=CN(C(c2ccccc2)(c2ccccc2)c2ccccc2)C(C)N1Cc1ccc(-c2ccccc2-c2nnn(B)n2)cc1. The summed E-state index contributed by atoms with van der Waals surface area (Å²) in [5.74, 6) is 0.627. The molecule has 1 aliphatic rings. The van der Waals surface area contributed by atoms with E-state index in [0.717, 1.165) is 23.2 Å².